The molecule has 0 atom stereocenters. The number of likely N-dealkylation sites (tertiary alicyclic amines) is 1. The lowest BCUT2D eigenvalue weighted by Gasteiger charge is -2.45. The summed E-state index contributed by atoms with van der Waals surface area (Å²) in [6, 6.07) is 0. The molecule has 19 heavy (non-hydrogen) atoms. The summed E-state index contributed by atoms with van der Waals surface area (Å²) in [5.41, 5.74) is 5.86. The fourth-order valence-electron chi connectivity index (χ4n) is 3.98. The number of nitrogens with zero attached hydrogens (tertiary/aromatic N) is 1. The fourth-order valence-corrected chi connectivity index (χ4v) is 4.27. The molecule has 0 aromatic heterocycles. The van der Waals surface area contributed by atoms with Crippen molar-refractivity contribution in [1.29, 1.82) is 0 Å². The van der Waals surface area contributed by atoms with Crippen molar-refractivity contribution in [1.82, 2.24) is 4.90 Å². The van der Waals surface area contributed by atoms with E-state index in [-0.39, 0.29) is 5.91 Å². The molecule has 0 aromatic carbocycles. The number of carbonyl (C=O) groups is 1. The number of amides is 1. The summed E-state index contributed by atoms with van der Waals surface area (Å²) in [6.45, 7) is 1.84. The Hall–Kier alpha value is -0.640. The van der Waals surface area contributed by atoms with Crippen molar-refractivity contribution in [3.8, 4) is 0 Å². The Balaban J connectivity index is 1.61. The lowest BCUT2D eigenvalue weighted by Crippen LogP contribution is -2.49. The van der Waals surface area contributed by atoms with Gasteiger partial charge in [0.15, 0.2) is 0 Å². The van der Waals surface area contributed by atoms with Crippen LogP contribution in [0.25, 0.3) is 0 Å². The zero-order chi connectivity index (χ0) is 13.5. The van der Waals surface area contributed by atoms with E-state index in [1.165, 1.54) is 44.9 Å². The van der Waals surface area contributed by atoms with Gasteiger partial charge >= 0.3 is 0 Å². The van der Waals surface area contributed by atoms with Crippen molar-refractivity contribution in [3.05, 3.63) is 0 Å². The zero-order valence-electron chi connectivity index (χ0n) is 11.6. The minimum Gasteiger partial charge on any atom is -0.392 e. The van der Waals surface area contributed by atoms with Crippen LogP contribution in [-0.4, -0.2) is 28.9 Å². The first kappa shape index (κ1) is 13.3. The van der Waals surface area contributed by atoms with Crippen LogP contribution in [0.3, 0.4) is 0 Å². The summed E-state index contributed by atoms with van der Waals surface area (Å²) in [4.78, 5) is 15.0. The Bertz CT molecular complexity index is 387. The number of rotatable bonds is 2. The van der Waals surface area contributed by atoms with Gasteiger partial charge in [-0.3, -0.25) is 4.79 Å². The molecule has 1 amide bonds. The van der Waals surface area contributed by atoms with Gasteiger partial charge in [0.2, 0.25) is 5.91 Å². The summed E-state index contributed by atoms with van der Waals surface area (Å²) in [5.74, 6) is 0.214. The molecule has 1 aliphatic heterocycles. The second-order valence-corrected chi connectivity index (χ2v) is 7.24. The van der Waals surface area contributed by atoms with Gasteiger partial charge in [-0.05, 0) is 43.9 Å². The molecule has 4 heteroatoms. The first-order valence-electron chi connectivity index (χ1n) is 7.67. The number of nitrogens with two attached hydrogens (primary N) is 1. The number of hydrogen-bond acceptors (Lipinski definition) is 2. The standard InChI is InChI=1S/C15H24N2OS/c16-12(19)15(6-7-15)13(18)17-10-8-14(9-11-17)4-2-1-3-5-14/h1-11H2,(H2,16,19). The van der Waals surface area contributed by atoms with E-state index < -0.39 is 5.41 Å². The first-order chi connectivity index (χ1) is 9.08. The van der Waals surface area contributed by atoms with E-state index in [0.717, 1.165) is 25.9 Å². The molecule has 0 radical (unpaired) electrons. The lowest BCUT2D eigenvalue weighted by molar-refractivity contribution is -0.137. The van der Waals surface area contributed by atoms with Gasteiger partial charge in [0.05, 0.1) is 10.4 Å². The van der Waals surface area contributed by atoms with Crippen molar-refractivity contribution >= 4 is 23.1 Å². The quantitative estimate of drug-likeness (QED) is 0.791. The van der Waals surface area contributed by atoms with E-state index >= 15 is 0 Å². The van der Waals surface area contributed by atoms with Crippen molar-refractivity contribution in [2.75, 3.05) is 13.1 Å². The maximum atomic E-state index is 12.6. The minimum atomic E-state index is -0.452. The van der Waals surface area contributed by atoms with Crippen molar-refractivity contribution < 1.29 is 4.79 Å². The van der Waals surface area contributed by atoms with Crippen LogP contribution in [0, 0.1) is 10.8 Å². The smallest absolute Gasteiger partial charge is 0.235 e. The van der Waals surface area contributed by atoms with E-state index in [4.69, 9.17) is 18.0 Å². The van der Waals surface area contributed by atoms with E-state index in [2.05, 4.69) is 0 Å². The predicted octanol–water partition coefficient (Wildman–Crippen LogP) is 2.63. The second kappa shape index (κ2) is 4.72. The molecule has 106 valence electrons. The molecule has 1 spiro atoms. The van der Waals surface area contributed by atoms with Crippen LogP contribution >= 0.6 is 12.2 Å². The van der Waals surface area contributed by atoms with Crippen LogP contribution in [0.5, 0.6) is 0 Å². The van der Waals surface area contributed by atoms with Crippen molar-refractivity contribution in [2.45, 2.75) is 57.8 Å². The molecule has 3 fully saturated rings. The third-order valence-corrected chi connectivity index (χ3v) is 6.05. The molecule has 3 aliphatic rings. The normalized spacial score (nSPS) is 28.1. The van der Waals surface area contributed by atoms with E-state index in [1.807, 2.05) is 4.90 Å². The molecule has 1 saturated heterocycles. The highest BCUT2D eigenvalue weighted by Gasteiger charge is 2.55. The summed E-state index contributed by atoms with van der Waals surface area (Å²) >= 11 is 5.09. The molecular formula is C15H24N2OS. The molecule has 1 heterocycles. The highest BCUT2D eigenvalue weighted by atomic mass is 32.1. The topological polar surface area (TPSA) is 46.3 Å². The average molecular weight is 280 g/mol. The number of hydrogen-bond donors (Lipinski definition) is 1. The highest BCUT2D eigenvalue weighted by molar-refractivity contribution is 7.80. The Labute approximate surface area is 120 Å². The van der Waals surface area contributed by atoms with Crippen LogP contribution < -0.4 is 5.73 Å². The van der Waals surface area contributed by atoms with Gasteiger partial charge in [0, 0.05) is 13.1 Å². The van der Waals surface area contributed by atoms with Gasteiger partial charge in [-0.1, -0.05) is 31.5 Å². The lowest BCUT2D eigenvalue weighted by atomic mass is 9.68. The minimum absolute atomic E-state index is 0.214. The third kappa shape index (κ3) is 2.28. The van der Waals surface area contributed by atoms with Crippen LogP contribution in [0.15, 0.2) is 0 Å². The molecule has 2 aliphatic carbocycles. The van der Waals surface area contributed by atoms with Gasteiger partial charge in [0.1, 0.15) is 0 Å². The van der Waals surface area contributed by atoms with Crippen LogP contribution in [0.1, 0.15) is 57.8 Å². The molecule has 3 nitrogen and oxygen atoms in total. The van der Waals surface area contributed by atoms with Crippen molar-refractivity contribution in [3.63, 3.8) is 0 Å². The van der Waals surface area contributed by atoms with Crippen LogP contribution in [-0.2, 0) is 4.79 Å². The van der Waals surface area contributed by atoms with Gasteiger partial charge in [0.25, 0.3) is 0 Å². The van der Waals surface area contributed by atoms with E-state index in [1.54, 1.807) is 0 Å². The predicted molar refractivity (Wildman–Crippen MR) is 79.8 cm³/mol. The van der Waals surface area contributed by atoms with Gasteiger partial charge < -0.3 is 10.6 Å². The molecule has 0 aromatic rings. The van der Waals surface area contributed by atoms with Crippen LogP contribution in [0.2, 0.25) is 0 Å². The van der Waals surface area contributed by atoms with Crippen molar-refractivity contribution in [2.24, 2.45) is 16.6 Å². The third-order valence-electron chi connectivity index (χ3n) is 5.66. The average Bonchev–Trinajstić information content (AvgIpc) is 3.21. The molecule has 2 saturated carbocycles. The fraction of sp³-hybridized carbons (Fsp3) is 0.867. The zero-order valence-corrected chi connectivity index (χ0v) is 12.4. The van der Waals surface area contributed by atoms with Gasteiger partial charge in [-0.15, -0.1) is 0 Å². The highest BCUT2D eigenvalue weighted by Crippen LogP contribution is 2.50. The Morgan fingerprint density at radius 3 is 2.00 bits per heavy atom. The Morgan fingerprint density at radius 1 is 0.947 bits per heavy atom. The Kier molecular flexibility index (Phi) is 3.32. The van der Waals surface area contributed by atoms with Gasteiger partial charge in [-0.2, -0.15) is 0 Å². The monoisotopic (exact) mass is 280 g/mol. The summed E-state index contributed by atoms with van der Waals surface area (Å²) < 4.78 is 0. The number of carbonyl (C=O) groups excluding carboxylic acids is 1. The molecule has 2 N–H and O–H groups in total. The number of piperidine rings is 1. The molecule has 3 rings (SSSR count). The maximum Gasteiger partial charge on any atom is 0.235 e. The number of thiocarbonyl (C=S) groups is 1. The summed E-state index contributed by atoms with van der Waals surface area (Å²) in [5, 5.41) is 0. The Morgan fingerprint density at radius 2 is 1.53 bits per heavy atom. The van der Waals surface area contributed by atoms with Crippen LogP contribution in [0.4, 0.5) is 0 Å². The molecular weight excluding hydrogens is 256 g/mol. The maximum absolute atomic E-state index is 12.6. The SMILES string of the molecule is NC(=S)C1(C(=O)N2CCC3(CCCCC3)CC2)CC1. The first-order valence-corrected chi connectivity index (χ1v) is 8.08. The second-order valence-electron chi connectivity index (χ2n) is 6.80. The van der Waals surface area contributed by atoms with E-state index in [0.29, 0.717) is 10.4 Å². The summed E-state index contributed by atoms with van der Waals surface area (Å²) in [6.07, 6.45) is 11.0. The molecule has 0 bridgehead atoms. The van der Waals surface area contributed by atoms with E-state index in [9.17, 15) is 4.79 Å². The largest absolute Gasteiger partial charge is 0.392 e. The van der Waals surface area contributed by atoms with Gasteiger partial charge in [-0.25, -0.2) is 0 Å². The summed E-state index contributed by atoms with van der Waals surface area (Å²) in [7, 11) is 0. The molecule has 0 unspecified atom stereocenters.